The van der Waals surface area contributed by atoms with Crippen LogP contribution in [0.4, 0.5) is 4.39 Å². The van der Waals surface area contributed by atoms with Crippen molar-refractivity contribution in [3.05, 3.63) is 35.1 Å². The van der Waals surface area contributed by atoms with E-state index < -0.39 is 6.10 Å². The number of halogens is 1. The summed E-state index contributed by atoms with van der Waals surface area (Å²) in [5.74, 6) is 0.878. The van der Waals surface area contributed by atoms with Gasteiger partial charge in [-0.2, -0.15) is 0 Å². The van der Waals surface area contributed by atoms with Gasteiger partial charge in [0.1, 0.15) is 5.82 Å². The maximum absolute atomic E-state index is 13.4. The number of aryl methyl sites for hydroxylation is 1. The lowest BCUT2D eigenvalue weighted by atomic mass is 9.77. The van der Waals surface area contributed by atoms with Crippen LogP contribution in [0.1, 0.15) is 56.3 Å². The Balaban J connectivity index is 2.05. The van der Waals surface area contributed by atoms with Gasteiger partial charge in [-0.25, -0.2) is 4.39 Å². The molecule has 2 heteroatoms. The number of aliphatic hydroxyl groups is 1. The van der Waals surface area contributed by atoms with Crippen molar-refractivity contribution >= 4 is 0 Å². The number of aliphatic hydroxyl groups excluding tert-OH is 1. The van der Waals surface area contributed by atoms with Crippen LogP contribution >= 0.6 is 0 Å². The minimum absolute atomic E-state index is 0.244. The Morgan fingerprint density at radius 3 is 2.44 bits per heavy atom. The first-order valence-electron chi connectivity index (χ1n) is 7.05. The monoisotopic (exact) mass is 250 g/mol. The molecule has 0 heterocycles. The van der Waals surface area contributed by atoms with Gasteiger partial charge in [0, 0.05) is 0 Å². The lowest BCUT2D eigenvalue weighted by Crippen LogP contribution is -2.20. The highest BCUT2D eigenvalue weighted by atomic mass is 19.1. The van der Waals surface area contributed by atoms with E-state index in [4.69, 9.17) is 0 Å². The van der Waals surface area contributed by atoms with Crippen molar-refractivity contribution < 1.29 is 9.50 Å². The van der Waals surface area contributed by atoms with E-state index in [1.54, 1.807) is 0 Å². The fourth-order valence-electron chi connectivity index (χ4n) is 3.12. The Kier molecular flexibility index (Phi) is 4.39. The summed E-state index contributed by atoms with van der Waals surface area (Å²) in [4.78, 5) is 0. The third kappa shape index (κ3) is 3.11. The Labute approximate surface area is 109 Å². The van der Waals surface area contributed by atoms with E-state index in [0.717, 1.165) is 29.9 Å². The molecule has 100 valence electrons. The summed E-state index contributed by atoms with van der Waals surface area (Å²) < 4.78 is 13.4. The Morgan fingerprint density at radius 2 is 1.89 bits per heavy atom. The number of hydrogen-bond donors (Lipinski definition) is 1. The van der Waals surface area contributed by atoms with Gasteiger partial charge in [0.2, 0.25) is 0 Å². The fraction of sp³-hybridized carbons (Fsp3) is 0.625. The van der Waals surface area contributed by atoms with E-state index in [1.165, 1.54) is 31.4 Å². The SMILES string of the molecule is CCC1CCC(C(O)c2cc(C)cc(F)c2)CC1. The van der Waals surface area contributed by atoms with Crippen LogP contribution < -0.4 is 0 Å². The standard InChI is InChI=1S/C16H23FO/c1-3-12-4-6-13(7-5-12)16(18)14-8-11(2)9-15(17)10-14/h8-10,12-13,16,18H,3-7H2,1-2H3. The molecule has 0 spiro atoms. The van der Waals surface area contributed by atoms with E-state index in [0.29, 0.717) is 5.92 Å². The third-order valence-electron chi connectivity index (χ3n) is 4.32. The van der Waals surface area contributed by atoms with Crippen LogP contribution in [-0.2, 0) is 0 Å². The topological polar surface area (TPSA) is 20.2 Å². The minimum atomic E-state index is -0.503. The highest BCUT2D eigenvalue weighted by Gasteiger charge is 2.26. The van der Waals surface area contributed by atoms with Gasteiger partial charge in [-0.3, -0.25) is 0 Å². The maximum atomic E-state index is 13.4. The summed E-state index contributed by atoms with van der Waals surface area (Å²) in [6.07, 6.45) is 5.27. The molecule has 18 heavy (non-hydrogen) atoms. The molecule has 0 aromatic heterocycles. The Morgan fingerprint density at radius 1 is 1.22 bits per heavy atom. The zero-order valence-electron chi connectivity index (χ0n) is 11.3. The minimum Gasteiger partial charge on any atom is -0.388 e. The van der Waals surface area contributed by atoms with Gasteiger partial charge in [-0.05, 0) is 54.9 Å². The lowest BCUT2D eigenvalue weighted by molar-refractivity contribution is 0.0726. The summed E-state index contributed by atoms with van der Waals surface area (Å²) in [5.41, 5.74) is 1.62. The second kappa shape index (κ2) is 5.83. The van der Waals surface area contributed by atoms with Crippen molar-refractivity contribution in [1.82, 2.24) is 0 Å². The Bertz CT molecular complexity index is 374. The van der Waals surface area contributed by atoms with Crippen molar-refractivity contribution in [3.63, 3.8) is 0 Å². The molecule has 1 saturated carbocycles. The van der Waals surface area contributed by atoms with Gasteiger partial charge in [0.15, 0.2) is 0 Å². The van der Waals surface area contributed by atoms with Crippen molar-refractivity contribution in [3.8, 4) is 0 Å². The van der Waals surface area contributed by atoms with Crippen LogP contribution in [0.5, 0.6) is 0 Å². The van der Waals surface area contributed by atoms with Crippen LogP contribution in [0.3, 0.4) is 0 Å². The molecule has 1 N–H and O–H groups in total. The molecule has 0 radical (unpaired) electrons. The average molecular weight is 250 g/mol. The summed E-state index contributed by atoms with van der Waals surface area (Å²) in [5, 5.41) is 10.4. The fourth-order valence-corrected chi connectivity index (χ4v) is 3.12. The molecule has 1 atom stereocenters. The van der Waals surface area contributed by atoms with Crippen LogP contribution in [0.25, 0.3) is 0 Å². The molecule has 0 saturated heterocycles. The number of hydrogen-bond acceptors (Lipinski definition) is 1. The van der Waals surface area contributed by atoms with Crippen molar-refractivity contribution in [1.29, 1.82) is 0 Å². The van der Waals surface area contributed by atoms with Gasteiger partial charge in [-0.1, -0.05) is 32.3 Å². The number of rotatable bonds is 3. The molecule has 1 aliphatic carbocycles. The lowest BCUT2D eigenvalue weighted by Gasteiger charge is -2.31. The van der Waals surface area contributed by atoms with Crippen molar-refractivity contribution in [2.45, 2.75) is 52.1 Å². The maximum Gasteiger partial charge on any atom is 0.123 e. The van der Waals surface area contributed by atoms with Gasteiger partial charge in [0.25, 0.3) is 0 Å². The molecular formula is C16H23FO. The molecule has 1 unspecified atom stereocenters. The van der Waals surface area contributed by atoms with Gasteiger partial charge in [0.05, 0.1) is 6.10 Å². The second-order valence-electron chi connectivity index (χ2n) is 5.70. The van der Waals surface area contributed by atoms with Crippen LogP contribution in [0.15, 0.2) is 18.2 Å². The van der Waals surface area contributed by atoms with Crippen molar-refractivity contribution in [2.24, 2.45) is 11.8 Å². The number of benzene rings is 1. The predicted octanol–water partition coefficient (Wildman–Crippen LogP) is 4.38. The van der Waals surface area contributed by atoms with Crippen LogP contribution in [0, 0.1) is 24.6 Å². The largest absolute Gasteiger partial charge is 0.388 e. The average Bonchev–Trinajstić information content (AvgIpc) is 2.37. The molecule has 1 fully saturated rings. The smallest absolute Gasteiger partial charge is 0.123 e. The van der Waals surface area contributed by atoms with E-state index in [-0.39, 0.29) is 5.82 Å². The zero-order valence-corrected chi connectivity index (χ0v) is 11.3. The Hall–Kier alpha value is -0.890. The molecule has 1 aromatic carbocycles. The summed E-state index contributed by atoms with van der Waals surface area (Å²) in [6, 6.07) is 4.88. The van der Waals surface area contributed by atoms with E-state index >= 15 is 0 Å². The third-order valence-corrected chi connectivity index (χ3v) is 4.32. The normalized spacial score (nSPS) is 26.0. The van der Waals surface area contributed by atoms with E-state index in [9.17, 15) is 9.50 Å². The molecule has 0 bridgehead atoms. The van der Waals surface area contributed by atoms with E-state index in [2.05, 4.69) is 6.92 Å². The second-order valence-corrected chi connectivity index (χ2v) is 5.70. The van der Waals surface area contributed by atoms with Crippen LogP contribution in [0.2, 0.25) is 0 Å². The molecule has 0 aliphatic heterocycles. The molecule has 2 rings (SSSR count). The molecular weight excluding hydrogens is 227 g/mol. The molecule has 1 aromatic rings. The first-order chi connectivity index (χ1) is 8.60. The zero-order chi connectivity index (χ0) is 13.1. The van der Waals surface area contributed by atoms with Gasteiger partial charge >= 0.3 is 0 Å². The predicted molar refractivity (Wildman–Crippen MR) is 71.8 cm³/mol. The highest BCUT2D eigenvalue weighted by Crippen LogP contribution is 2.38. The molecule has 1 aliphatic rings. The van der Waals surface area contributed by atoms with Gasteiger partial charge in [-0.15, -0.1) is 0 Å². The molecule has 1 nitrogen and oxygen atoms in total. The van der Waals surface area contributed by atoms with Crippen LogP contribution in [-0.4, -0.2) is 5.11 Å². The first kappa shape index (κ1) is 13.5. The quantitative estimate of drug-likeness (QED) is 0.843. The summed E-state index contributed by atoms with van der Waals surface area (Å²) in [6.45, 7) is 4.10. The summed E-state index contributed by atoms with van der Waals surface area (Å²) in [7, 11) is 0. The first-order valence-corrected chi connectivity index (χ1v) is 7.05. The highest BCUT2D eigenvalue weighted by molar-refractivity contribution is 5.25. The molecule has 0 amide bonds. The van der Waals surface area contributed by atoms with Gasteiger partial charge < -0.3 is 5.11 Å². The summed E-state index contributed by atoms with van der Waals surface area (Å²) >= 11 is 0. The van der Waals surface area contributed by atoms with E-state index in [1.807, 2.05) is 13.0 Å². The van der Waals surface area contributed by atoms with Crippen molar-refractivity contribution in [2.75, 3.05) is 0 Å².